The fraction of sp³-hybridized carbons (Fsp3) is 0.300. The smallest absolute Gasteiger partial charge is 0.416 e. The predicted octanol–water partition coefficient (Wildman–Crippen LogP) is 3.08. The maximum atomic E-state index is 13.2. The molecule has 2 N–H and O–H groups in total. The molecule has 2 aromatic heterocycles. The standard InChI is InChI=1S/C20H16F3N5O4S/c1-30-16-12(17(31-2)26-8-25-16)15(29)28-18-27-13-10-4-3-9(20(21,22)23)5-11(10)32-19(6-24-7-19)14(13)33-18/h3-5,8,24H,6-7H2,1-2H3,(H,27,28,29). The summed E-state index contributed by atoms with van der Waals surface area (Å²) in [5.41, 5.74) is -0.778. The van der Waals surface area contributed by atoms with E-state index in [9.17, 15) is 18.0 Å². The van der Waals surface area contributed by atoms with Gasteiger partial charge in [-0.25, -0.2) is 15.0 Å². The number of benzene rings is 1. The number of alkyl halides is 3. The second-order valence-electron chi connectivity index (χ2n) is 7.33. The van der Waals surface area contributed by atoms with Crippen LogP contribution in [0.4, 0.5) is 18.3 Å². The molecule has 1 fully saturated rings. The lowest BCUT2D eigenvalue weighted by Gasteiger charge is -2.44. The van der Waals surface area contributed by atoms with Crippen molar-refractivity contribution >= 4 is 22.4 Å². The Hall–Kier alpha value is -3.45. The van der Waals surface area contributed by atoms with E-state index in [1.807, 2.05) is 0 Å². The number of carbonyl (C=O) groups excluding carboxylic acids is 1. The van der Waals surface area contributed by atoms with Gasteiger partial charge in [-0.2, -0.15) is 13.2 Å². The summed E-state index contributed by atoms with van der Waals surface area (Å²) < 4.78 is 56.0. The number of nitrogens with zero attached hydrogens (tertiary/aromatic N) is 3. The number of rotatable bonds is 4. The van der Waals surface area contributed by atoms with Gasteiger partial charge in [0.1, 0.15) is 12.1 Å². The van der Waals surface area contributed by atoms with Crippen LogP contribution in [-0.2, 0) is 11.8 Å². The lowest BCUT2D eigenvalue weighted by Crippen LogP contribution is -2.61. The van der Waals surface area contributed by atoms with Crippen LogP contribution >= 0.6 is 11.3 Å². The molecule has 33 heavy (non-hydrogen) atoms. The van der Waals surface area contributed by atoms with Gasteiger partial charge in [-0.1, -0.05) is 11.3 Å². The van der Waals surface area contributed by atoms with Gasteiger partial charge < -0.3 is 19.5 Å². The largest absolute Gasteiger partial charge is 0.480 e. The van der Waals surface area contributed by atoms with E-state index in [2.05, 4.69) is 25.6 Å². The van der Waals surface area contributed by atoms with Crippen molar-refractivity contribution in [3.63, 3.8) is 0 Å². The second-order valence-corrected chi connectivity index (χ2v) is 8.33. The third kappa shape index (κ3) is 3.43. The first-order valence-corrected chi connectivity index (χ1v) is 10.4. The molecule has 1 amide bonds. The Bertz CT molecular complexity index is 1240. The Morgan fingerprint density at radius 2 is 1.91 bits per heavy atom. The molecule has 3 aromatic rings. The van der Waals surface area contributed by atoms with E-state index in [1.165, 1.54) is 38.0 Å². The summed E-state index contributed by atoms with van der Waals surface area (Å²) >= 11 is 1.19. The lowest BCUT2D eigenvalue weighted by molar-refractivity contribution is -0.137. The molecule has 9 nitrogen and oxygen atoms in total. The first-order valence-electron chi connectivity index (χ1n) is 9.63. The molecule has 1 saturated heterocycles. The molecular weight excluding hydrogens is 463 g/mol. The maximum absolute atomic E-state index is 13.2. The lowest BCUT2D eigenvalue weighted by atomic mass is 9.88. The summed E-state index contributed by atoms with van der Waals surface area (Å²) in [5.74, 6) is -0.464. The Kier molecular flexibility index (Phi) is 4.90. The number of nitrogens with one attached hydrogen (secondary N) is 2. The molecule has 1 aromatic carbocycles. The van der Waals surface area contributed by atoms with E-state index in [0.29, 0.717) is 29.2 Å². The number of fused-ring (bicyclic) bond motifs is 4. The van der Waals surface area contributed by atoms with E-state index >= 15 is 0 Å². The minimum Gasteiger partial charge on any atom is -0.480 e. The van der Waals surface area contributed by atoms with Crippen LogP contribution in [0.2, 0.25) is 0 Å². The highest BCUT2D eigenvalue weighted by molar-refractivity contribution is 7.16. The van der Waals surface area contributed by atoms with Crippen molar-refractivity contribution in [1.82, 2.24) is 20.3 Å². The fourth-order valence-corrected chi connectivity index (χ4v) is 4.80. The summed E-state index contributed by atoms with van der Waals surface area (Å²) in [6, 6.07) is 3.29. The minimum atomic E-state index is -4.50. The summed E-state index contributed by atoms with van der Waals surface area (Å²) in [6.07, 6.45) is -3.30. The molecule has 0 unspecified atom stereocenters. The van der Waals surface area contributed by atoms with Crippen LogP contribution in [0.25, 0.3) is 11.3 Å². The van der Waals surface area contributed by atoms with E-state index < -0.39 is 23.2 Å². The normalized spacial score (nSPS) is 15.7. The van der Waals surface area contributed by atoms with Crippen molar-refractivity contribution < 1.29 is 32.2 Å². The van der Waals surface area contributed by atoms with Crippen molar-refractivity contribution in [1.29, 1.82) is 0 Å². The average molecular weight is 479 g/mol. The van der Waals surface area contributed by atoms with Crippen LogP contribution in [0.3, 0.4) is 0 Å². The molecule has 2 aliphatic heterocycles. The maximum Gasteiger partial charge on any atom is 0.416 e. The third-order valence-corrected chi connectivity index (χ3v) is 6.50. The molecule has 2 aliphatic rings. The molecule has 5 rings (SSSR count). The zero-order chi connectivity index (χ0) is 23.4. The van der Waals surface area contributed by atoms with Crippen LogP contribution in [0, 0.1) is 0 Å². The van der Waals surface area contributed by atoms with Crippen molar-refractivity contribution in [2.75, 3.05) is 32.6 Å². The van der Waals surface area contributed by atoms with Crippen molar-refractivity contribution in [3.05, 3.63) is 40.5 Å². The van der Waals surface area contributed by atoms with Gasteiger partial charge >= 0.3 is 6.18 Å². The molecule has 0 atom stereocenters. The van der Waals surface area contributed by atoms with Gasteiger partial charge in [0.05, 0.1) is 30.4 Å². The zero-order valence-corrected chi connectivity index (χ0v) is 18.1. The molecule has 13 heteroatoms. The summed E-state index contributed by atoms with van der Waals surface area (Å²) in [6.45, 7) is 0.804. The second kappa shape index (κ2) is 7.56. The number of aromatic nitrogens is 3. The van der Waals surface area contributed by atoms with Gasteiger partial charge in [-0.3, -0.25) is 10.1 Å². The summed E-state index contributed by atoms with van der Waals surface area (Å²) in [5, 5.41) is 6.02. The van der Waals surface area contributed by atoms with Gasteiger partial charge in [0.2, 0.25) is 11.8 Å². The number of ether oxygens (including phenoxy) is 3. The third-order valence-electron chi connectivity index (χ3n) is 5.34. The van der Waals surface area contributed by atoms with Crippen molar-refractivity contribution in [2.24, 2.45) is 0 Å². The first-order chi connectivity index (χ1) is 15.8. The van der Waals surface area contributed by atoms with Crippen LogP contribution in [-0.4, -0.2) is 48.2 Å². The number of thiazole rings is 1. The summed E-state index contributed by atoms with van der Waals surface area (Å²) in [4.78, 5) is 26.1. The topological polar surface area (TPSA) is 107 Å². The molecule has 172 valence electrons. The van der Waals surface area contributed by atoms with Gasteiger partial charge in [-0.05, 0) is 18.2 Å². The monoisotopic (exact) mass is 479 g/mol. The molecule has 0 radical (unpaired) electrons. The molecule has 0 saturated carbocycles. The molecule has 4 heterocycles. The Morgan fingerprint density at radius 1 is 1.21 bits per heavy atom. The SMILES string of the molecule is COc1ncnc(OC)c1C(=O)Nc1nc2c(s1)C1(CNC1)Oc1cc(C(F)(F)F)ccc1-2. The highest BCUT2D eigenvalue weighted by Gasteiger charge is 2.49. The van der Waals surface area contributed by atoms with Crippen LogP contribution < -0.4 is 24.8 Å². The van der Waals surface area contributed by atoms with Crippen molar-refractivity contribution in [3.8, 4) is 28.8 Å². The number of anilines is 1. The molecule has 0 bridgehead atoms. The van der Waals surface area contributed by atoms with Gasteiger partial charge in [-0.15, -0.1) is 0 Å². The Morgan fingerprint density at radius 3 is 2.48 bits per heavy atom. The number of halogens is 3. The van der Waals surface area contributed by atoms with Gasteiger partial charge in [0, 0.05) is 18.7 Å². The predicted molar refractivity (Wildman–Crippen MR) is 111 cm³/mol. The average Bonchev–Trinajstić information content (AvgIpc) is 3.19. The number of methoxy groups -OCH3 is 2. The van der Waals surface area contributed by atoms with Crippen LogP contribution in [0.1, 0.15) is 20.8 Å². The molecule has 1 spiro atoms. The molecular formula is C20H16F3N5O4S. The number of hydrogen-bond acceptors (Lipinski definition) is 9. The summed E-state index contributed by atoms with van der Waals surface area (Å²) in [7, 11) is 2.72. The highest BCUT2D eigenvalue weighted by Crippen LogP contribution is 2.51. The Labute approximate surface area is 188 Å². The van der Waals surface area contributed by atoms with Crippen LogP contribution in [0.5, 0.6) is 17.5 Å². The zero-order valence-electron chi connectivity index (χ0n) is 17.2. The van der Waals surface area contributed by atoms with E-state index in [0.717, 1.165) is 12.1 Å². The fourth-order valence-electron chi connectivity index (χ4n) is 3.70. The van der Waals surface area contributed by atoms with Gasteiger partial charge in [0.25, 0.3) is 5.91 Å². The highest BCUT2D eigenvalue weighted by atomic mass is 32.1. The molecule has 0 aliphatic carbocycles. The number of carbonyl (C=O) groups is 1. The first kappa shape index (κ1) is 21.4. The van der Waals surface area contributed by atoms with E-state index in [4.69, 9.17) is 14.2 Å². The van der Waals surface area contributed by atoms with Crippen LogP contribution in [0.15, 0.2) is 24.5 Å². The quantitative estimate of drug-likeness (QED) is 0.588. The Balaban J connectivity index is 1.54. The number of hydrogen-bond donors (Lipinski definition) is 2. The van der Waals surface area contributed by atoms with E-state index in [-0.39, 0.29) is 28.2 Å². The number of amides is 1. The van der Waals surface area contributed by atoms with Crippen molar-refractivity contribution in [2.45, 2.75) is 11.8 Å². The van der Waals surface area contributed by atoms with Gasteiger partial charge in [0.15, 0.2) is 16.3 Å². The van der Waals surface area contributed by atoms with E-state index in [1.54, 1.807) is 0 Å². The minimum absolute atomic E-state index is 0.0119.